The van der Waals surface area contributed by atoms with E-state index in [0.29, 0.717) is 13.1 Å². The van der Waals surface area contributed by atoms with Gasteiger partial charge in [-0.3, -0.25) is 4.79 Å². The molecule has 148 valence electrons. The van der Waals surface area contributed by atoms with Crippen molar-refractivity contribution >= 4 is 15.9 Å². The number of benzene rings is 1. The summed E-state index contributed by atoms with van der Waals surface area (Å²) in [5.74, 6) is -0.146. The Hall–Kier alpha value is -1.73. The molecule has 0 spiro atoms. The zero-order valence-electron chi connectivity index (χ0n) is 16.3. The molecule has 5 nitrogen and oxygen atoms in total. The highest BCUT2D eigenvalue weighted by atomic mass is 32.2. The van der Waals surface area contributed by atoms with E-state index >= 15 is 0 Å². The van der Waals surface area contributed by atoms with Gasteiger partial charge in [0, 0.05) is 26.2 Å². The first-order valence-corrected chi connectivity index (χ1v) is 10.7. The van der Waals surface area contributed by atoms with Crippen LogP contribution in [0.25, 0.3) is 0 Å². The predicted molar refractivity (Wildman–Crippen MR) is 102 cm³/mol. The Morgan fingerprint density at radius 1 is 1.11 bits per heavy atom. The van der Waals surface area contributed by atoms with Gasteiger partial charge in [0.05, 0.1) is 10.8 Å². The molecule has 3 rings (SSSR count). The molecule has 2 aliphatic rings. The highest BCUT2D eigenvalue weighted by Gasteiger charge is 2.61. The van der Waals surface area contributed by atoms with Gasteiger partial charge in [-0.05, 0) is 49.4 Å². The number of allylic oxidation sites excluding steroid dienone is 2. The van der Waals surface area contributed by atoms with Crippen LogP contribution in [0.5, 0.6) is 0 Å². The molecule has 1 saturated carbocycles. The molecule has 0 aromatic heterocycles. The number of amides is 1. The Kier molecular flexibility index (Phi) is 5.20. The molecule has 2 atom stereocenters. The highest BCUT2D eigenvalue weighted by Crippen LogP contribution is 2.60. The van der Waals surface area contributed by atoms with Crippen LogP contribution in [0.4, 0.5) is 4.39 Å². The minimum absolute atomic E-state index is 0.0346. The Morgan fingerprint density at radius 2 is 1.67 bits per heavy atom. The second-order valence-corrected chi connectivity index (χ2v) is 10.2. The molecule has 0 N–H and O–H groups in total. The Morgan fingerprint density at radius 3 is 2.19 bits per heavy atom. The van der Waals surface area contributed by atoms with Gasteiger partial charge in [-0.15, -0.1) is 0 Å². The van der Waals surface area contributed by atoms with Crippen molar-refractivity contribution in [3.8, 4) is 0 Å². The number of piperazine rings is 1. The number of carbonyl (C=O) groups is 1. The fraction of sp³-hybridized carbons (Fsp3) is 0.550. The van der Waals surface area contributed by atoms with Crippen LogP contribution in [-0.4, -0.2) is 49.7 Å². The fourth-order valence-corrected chi connectivity index (χ4v) is 5.34. The molecule has 1 aromatic rings. The summed E-state index contributed by atoms with van der Waals surface area (Å²) in [6, 6.07) is 4.84. The van der Waals surface area contributed by atoms with Crippen LogP contribution < -0.4 is 0 Å². The molecule has 2 fully saturated rings. The van der Waals surface area contributed by atoms with Crippen LogP contribution in [0, 0.1) is 23.1 Å². The van der Waals surface area contributed by atoms with E-state index < -0.39 is 15.8 Å². The van der Waals surface area contributed by atoms with Gasteiger partial charge in [0.2, 0.25) is 15.9 Å². The van der Waals surface area contributed by atoms with Crippen molar-refractivity contribution in [1.82, 2.24) is 9.21 Å². The fourth-order valence-electron chi connectivity index (χ4n) is 3.92. The zero-order valence-corrected chi connectivity index (χ0v) is 17.1. The van der Waals surface area contributed by atoms with Gasteiger partial charge in [-0.1, -0.05) is 25.5 Å². The Bertz CT molecular complexity index is 850. The monoisotopic (exact) mass is 394 g/mol. The Balaban J connectivity index is 1.65. The minimum Gasteiger partial charge on any atom is -0.340 e. The maximum Gasteiger partial charge on any atom is 0.243 e. The van der Waals surface area contributed by atoms with Gasteiger partial charge in [-0.2, -0.15) is 4.31 Å². The Labute approximate surface area is 160 Å². The lowest BCUT2D eigenvalue weighted by Crippen LogP contribution is -2.51. The third kappa shape index (κ3) is 3.80. The van der Waals surface area contributed by atoms with Crippen LogP contribution in [0.1, 0.15) is 27.7 Å². The van der Waals surface area contributed by atoms with E-state index in [0.717, 1.165) is 12.1 Å². The molecule has 0 bridgehead atoms. The maximum absolute atomic E-state index is 13.1. The largest absolute Gasteiger partial charge is 0.340 e. The van der Waals surface area contributed by atoms with E-state index in [1.807, 2.05) is 13.8 Å². The molecule has 1 heterocycles. The van der Waals surface area contributed by atoms with Crippen molar-refractivity contribution in [2.75, 3.05) is 26.2 Å². The van der Waals surface area contributed by atoms with E-state index in [4.69, 9.17) is 0 Å². The highest BCUT2D eigenvalue weighted by molar-refractivity contribution is 7.89. The number of carbonyl (C=O) groups excluding carboxylic acids is 1. The van der Waals surface area contributed by atoms with Gasteiger partial charge in [0.25, 0.3) is 0 Å². The summed E-state index contributed by atoms with van der Waals surface area (Å²) in [5, 5.41) is 0. The van der Waals surface area contributed by atoms with Crippen molar-refractivity contribution < 1.29 is 17.6 Å². The number of rotatable bonds is 4. The van der Waals surface area contributed by atoms with Gasteiger partial charge >= 0.3 is 0 Å². The van der Waals surface area contributed by atoms with Crippen molar-refractivity contribution in [2.45, 2.75) is 32.6 Å². The van der Waals surface area contributed by atoms with Crippen molar-refractivity contribution in [3.63, 3.8) is 0 Å². The summed E-state index contributed by atoms with van der Waals surface area (Å²) < 4.78 is 39.8. The smallest absolute Gasteiger partial charge is 0.243 e. The van der Waals surface area contributed by atoms with Crippen LogP contribution in [0.3, 0.4) is 0 Å². The van der Waals surface area contributed by atoms with Crippen LogP contribution in [0.2, 0.25) is 0 Å². The van der Waals surface area contributed by atoms with Crippen molar-refractivity contribution in [1.29, 1.82) is 0 Å². The van der Waals surface area contributed by atoms with Gasteiger partial charge in [-0.25, -0.2) is 12.8 Å². The lowest BCUT2D eigenvalue weighted by molar-refractivity contribution is -0.134. The number of hydrogen-bond donors (Lipinski definition) is 0. The van der Waals surface area contributed by atoms with E-state index in [9.17, 15) is 17.6 Å². The van der Waals surface area contributed by atoms with E-state index in [-0.39, 0.29) is 41.1 Å². The summed E-state index contributed by atoms with van der Waals surface area (Å²) in [4.78, 5) is 14.8. The number of halogens is 1. The minimum atomic E-state index is -3.66. The molecular formula is C20H27FN2O3S. The molecule has 1 aromatic carbocycles. The first-order chi connectivity index (χ1) is 12.5. The SMILES string of the molecule is CC(C)=C[C@@H]1[C@@H](C(=O)N2CCN(S(=O)(=O)c3ccc(F)cc3)CC2)C1(C)C. The normalized spacial score (nSPS) is 25.1. The standard InChI is InChI=1S/C20H27FN2O3S/c1-14(2)13-17-18(20(17,3)4)19(24)22-9-11-23(12-10-22)27(25,26)16-7-5-15(21)6-8-16/h5-8,13,17-18H,9-12H2,1-4H3/t17-,18+/m1/s1. The van der Waals surface area contributed by atoms with Crippen LogP contribution in [0.15, 0.2) is 40.8 Å². The van der Waals surface area contributed by atoms with Crippen LogP contribution in [-0.2, 0) is 14.8 Å². The van der Waals surface area contributed by atoms with Crippen molar-refractivity contribution in [2.24, 2.45) is 17.3 Å². The van der Waals surface area contributed by atoms with E-state index in [2.05, 4.69) is 19.9 Å². The second-order valence-electron chi connectivity index (χ2n) is 8.25. The topological polar surface area (TPSA) is 57.7 Å². The van der Waals surface area contributed by atoms with Gasteiger partial charge in [0.15, 0.2) is 0 Å². The summed E-state index contributed by atoms with van der Waals surface area (Å²) in [6.07, 6.45) is 2.16. The number of nitrogens with zero attached hydrogens (tertiary/aromatic N) is 2. The molecule has 1 aliphatic heterocycles. The molecule has 7 heteroatoms. The van der Waals surface area contributed by atoms with Crippen LogP contribution >= 0.6 is 0 Å². The summed E-state index contributed by atoms with van der Waals surface area (Å²) in [7, 11) is -3.66. The van der Waals surface area contributed by atoms with E-state index in [1.54, 1.807) is 4.90 Å². The third-order valence-corrected chi connectivity index (χ3v) is 7.60. The van der Waals surface area contributed by atoms with Gasteiger partial charge in [0.1, 0.15) is 5.82 Å². The number of hydrogen-bond acceptors (Lipinski definition) is 3. The number of sulfonamides is 1. The van der Waals surface area contributed by atoms with Crippen molar-refractivity contribution in [3.05, 3.63) is 41.7 Å². The summed E-state index contributed by atoms with van der Waals surface area (Å²) in [6.45, 7) is 9.56. The molecule has 1 aliphatic carbocycles. The zero-order chi connectivity index (χ0) is 20.0. The quantitative estimate of drug-likeness (QED) is 0.738. The molecule has 0 unspecified atom stereocenters. The second kappa shape index (κ2) is 7.02. The summed E-state index contributed by atoms with van der Waals surface area (Å²) >= 11 is 0. The first kappa shape index (κ1) is 20.0. The summed E-state index contributed by atoms with van der Waals surface area (Å²) in [5.41, 5.74) is 1.16. The average molecular weight is 395 g/mol. The molecular weight excluding hydrogens is 367 g/mol. The molecule has 1 amide bonds. The molecule has 1 saturated heterocycles. The lowest BCUT2D eigenvalue weighted by Gasteiger charge is -2.34. The lowest BCUT2D eigenvalue weighted by atomic mass is 10.1. The predicted octanol–water partition coefficient (Wildman–Crippen LogP) is 2.90. The third-order valence-electron chi connectivity index (χ3n) is 5.69. The van der Waals surface area contributed by atoms with E-state index in [1.165, 1.54) is 22.0 Å². The first-order valence-electron chi connectivity index (χ1n) is 9.24. The molecule has 0 radical (unpaired) electrons. The maximum atomic E-state index is 13.1. The molecule has 27 heavy (non-hydrogen) atoms. The average Bonchev–Trinajstić information content (AvgIpc) is 3.14. The van der Waals surface area contributed by atoms with Gasteiger partial charge < -0.3 is 4.90 Å².